The van der Waals surface area contributed by atoms with Gasteiger partial charge in [-0.2, -0.15) is 0 Å². The van der Waals surface area contributed by atoms with Gasteiger partial charge in [-0.1, -0.05) is 29.8 Å². The van der Waals surface area contributed by atoms with Crippen molar-refractivity contribution in [1.29, 1.82) is 0 Å². The van der Waals surface area contributed by atoms with E-state index in [1.54, 1.807) is 37.3 Å². The van der Waals surface area contributed by atoms with Crippen LogP contribution in [-0.4, -0.2) is 25.0 Å². The lowest BCUT2D eigenvalue weighted by atomic mass is 10.1. The van der Waals surface area contributed by atoms with E-state index in [0.29, 0.717) is 22.8 Å². The lowest BCUT2D eigenvalue weighted by Gasteiger charge is -2.18. The van der Waals surface area contributed by atoms with Crippen LogP contribution in [0.1, 0.15) is 15.9 Å². The number of rotatable bonds is 4. The Balaban J connectivity index is 2.17. The van der Waals surface area contributed by atoms with E-state index in [-0.39, 0.29) is 5.91 Å². The van der Waals surface area contributed by atoms with Gasteiger partial charge in [-0.15, -0.1) is 0 Å². The first-order valence-corrected chi connectivity index (χ1v) is 6.83. The maximum Gasteiger partial charge on any atom is 0.255 e. The zero-order valence-electron chi connectivity index (χ0n) is 12.0. The van der Waals surface area contributed by atoms with Crippen molar-refractivity contribution >= 4 is 23.2 Å². The molecule has 0 heterocycles. The summed E-state index contributed by atoms with van der Waals surface area (Å²) in [7, 11) is 3.34. The lowest BCUT2D eigenvalue weighted by molar-refractivity contribution is 0.0785. The molecule has 0 saturated carbocycles. The van der Waals surface area contributed by atoms with Crippen molar-refractivity contribution in [2.75, 3.05) is 19.9 Å². The number of methoxy groups -OCH3 is 1. The highest BCUT2D eigenvalue weighted by Crippen LogP contribution is 2.24. The molecule has 2 aromatic carbocycles. The number of hydrogen-bond acceptors (Lipinski definition) is 3. The third kappa shape index (κ3) is 3.47. The fraction of sp³-hybridized carbons (Fsp3) is 0.188. The molecule has 0 radical (unpaired) electrons. The zero-order valence-corrected chi connectivity index (χ0v) is 12.7. The molecule has 0 bridgehead atoms. The Bertz CT molecular complexity index is 658. The number of carbonyl (C=O) groups excluding carboxylic acids is 1. The van der Waals surface area contributed by atoms with Crippen molar-refractivity contribution in [2.45, 2.75) is 6.54 Å². The van der Waals surface area contributed by atoms with Crippen LogP contribution in [0.5, 0.6) is 5.75 Å². The Morgan fingerprint density at radius 1 is 1.29 bits per heavy atom. The number of nitrogen functional groups attached to an aromatic ring is 1. The van der Waals surface area contributed by atoms with Gasteiger partial charge >= 0.3 is 0 Å². The fourth-order valence-corrected chi connectivity index (χ4v) is 2.24. The standard InChI is InChI=1S/C16H17ClN2O2/c1-19(10-11-5-3-6-12(9-11)21-2)16(20)13-7-4-8-14(18)15(13)17/h3-9H,10,18H2,1-2H3. The van der Waals surface area contributed by atoms with Crippen molar-refractivity contribution in [2.24, 2.45) is 0 Å². The van der Waals surface area contributed by atoms with Gasteiger partial charge in [0.1, 0.15) is 5.75 Å². The van der Waals surface area contributed by atoms with Gasteiger partial charge in [-0.3, -0.25) is 4.79 Å². The van der Waals surface area contributed by atoms with E-state index < -0.39 is 0 Å². The molecule has 0 aliphatic heterocycles. The molecule has 2 N–H and O–H groups in total. The van der Waals surface area contributed by atoms with Crippen molar-refractivity contribution in [3.05, 3.63) is 58.6 Å². The Morgan fingerprint density at radius 2 is 2.00 bits per heavy atom. The van der Waals surface area contributed by atoms with Crippen LogP contribution in [0, 0.1) is 0 Å². The molecular weight excluding hydrogens is 288 g/mol. The fourth-order valence-electron chi connectivity index (χ4n) is 2.04. The van der Waals surface area contributed by atoms with Gasteiger partial charge in [0, 0.05) is 13.6 Å². The number of anilines is 1. The van der Waals surface area contributed by atoms with Crippen molar-refractivity contribution in [3.63, 3.8) is 0 Å². The van der Waals surface area contributed by atoms with Crippen LogP contribution in [0.2, 0.25) is 5.02 Å². The molecule has 21 heavy (non-hydrogen) atoms. The Labute approximate surface area is 129 Å². The maximum absolute atomic E-state index is 12.4. The second kappa shape index (κ2) is 6.50. The molecule has 0 aliphatic rings. The molecule has 110 valence electrons. The summed E-state index contributed by atoms with van der Waals surface area (Å²) >= 11 is 6.09. The van der Waals surface area contributed by atoms with Crippen molar-refractivity contribution in [1.82, 2.24) is 4.90 Å². The number of halogens is 1. The minimum Gasteiger partial charge on any atom is -0.497 e. The van der Waals surface area contributed by atoms with Crippen LogP contribution in [0.4, 0.5) is 5.69 Å². The second-order valence-corrected chi connectivity index (χ2v) is 5.10. The Hall–Kier alpha value is -2.20. The Morgan fingerprint density at radius 3 is 2.71 bits per heavy atom. The highest BCUT2D eigenvalue weighted by molar-refractivity contribution is 6.36. The predicted molar refractivity (Wildman–Crippen MR) is 84.7 cm³/mol. The smallest absolute Gasteiger partial charge is 0.255 e. The van der Waals surface area contributed by atoms with Crippen LogP contribution >= 0.6 is 11.6 Å². The second-order valence-electron chi connectivity index (χ2n) is 4.72. The summed E-state index contributed by atoms with van der Waals surface area (Å²) in [6.07, 6.45) is 0. The largest absolute Gasteiger partial charge is 0.497 e. The van der Waals surface area contributed by atoms with Gasteiger partial charge in [0.15, 0.2) is 0 Å². The molecule has 4 nitrogen and oxygen atoms in total. The van der Waals surface area contributed by atoms with Crippen LogP contribution < -0.4 is 10.5 Å². The van der Waals surface area contributed by atoms with Gasteiger partial charge in [0.05, 0.1) is 23.4 Å². The molecule has 0 fully saturated rings. The minimum atomic E-state index is -0.171. The third-order valence-corrected chi connectivity index (χ3v) is 3.58. The third-order valence-electron chi connectivity index (χ3n) is 3.16. The maximum atomic E-state index is 12.4. The van der Waals surface area contributed by atoms with Gasteiger partial charge in [0.25, 0.3) is 5.91 Å². The van der Waals surface area contributed by atoms with Crippen molar-refractivity contribution in [3.8, 4) is 5.75 Å². The number of nitrogens with zero attached hydrogens (tertiary/aromatic N) is 1. The van der Waals surface area contributed by atoms with E-state index in [9.17, 15) is 4.79 Å². The van der Waals surface area contributed by atoms with E-state index in [4.69, 9.17) is 22.1 Å². The SMILES string of the molecule is COc1cccc(CN(C)C(=O)c2cccc(N)c2Cl)c1. The number of amides is 1. The molecule has 1 amide bonds. The number of carbonyl (C=O) groups is 1. The average Bonchev–Trinajstić information content (AvgIpc) is 2.49. The van der Waals surface area contributed by atoms with E-state index in [1.165, 1.54) is 0 Å². The van der Waals surface area contributed by atoms with Crippen LogP contribution in [-0.2, 0) is 6.54 Å². The summed E-state index contributed by atoms with van der Waals surface area (Å²) in [5, 5.41) is 0.292. The number of nitrogens with two attached hydrogens (primary N) is 1. The summed E-state index contributed by atoms with van der Waals surface area (Å²) in [6.45, 7) is 0.459. The van der Waals surface area contributed by atoms with E-state index >= 15 is 0 Å². The predicted octanol–water partition coefficient (Wildman–Crippen LogP) is 3.20. The molecule has 0 saturated heterocycles. The van der Waals surface area contributed by atoms with Crippen molar-refractivity contribution < 1.29 is 9.53 Å². The topological polar surface area (TPSA) is 55.6 Å². The van der Waals surface area contributed by atoms with Gasteiger partial charge in [-0.05, 0) is 29.8 Å². The average molecular weight is 305 g/mol. The summed E-state index contributed by atoms with van der Waals surface area (Å²) in [4.78, 5) is 14.0. The zero-order chi connectivity index (χ0) is 15.4. The molecule has 0 spiro atoms. The summed E-state index contributed by atoms with van der Waals surface area (Å²) in [5.74, 6) is 0.588. The summed E-state index contributed by atoms with van der Waals surface area (Å²) in [5.41, 5.74) is 7.51. The molecule has 2 aromatic rings. The number of hydrogen-bond donors (Lipinski definition) is 1. The van der Waals surface area contributed by atoms with Gasteiger partial charge in [0.2, 0.25) is 0 Å². The lowest BCUT2D eigenvalue weighted by Crippen LogP contribution is -2.26. The molecule has 0 unspecified atom stereocenters. The minimum absolute atomic E-state index is 0.171. The highest BCUT2D eigenvalue weighted by atomic mass is 35.5. The molecular formula is C16H17ClN2O2. The first-order chi connectivity index (χ1) is 10.0. The van der Waals surface area contributed by atoms with E-state index in [0.717, 1.165) is 11.3 Å². The molecule has 0 aliphatic carbocycles. The Kier molecular flexibility index (Phi) is 4.70. The molecule has 2 rings (SSSR count). The highest BCUT2D eigenvalue weighted by Gasteiger charge is 2.16. The molecule has 0 aromatic heterocycles. The van der Waals surface area contributed by atoms with E-state index in [2.05, 4.69) is 0 Å². The van der Waals surface area contributed by atoms with Crippen LogP contribution in [0.3, 0.4) is 0 Å². The summed E-state index contributed by atoms with van der Waals surface area (Å²) < 4.78 is 5.18. The first-order valence-electron chi connectivity index (χ1n) is 6.45. The first kappa shape index (κ1) is 15.2. The normalized spacial score (nSPS) is 10.2. The molecule has 5 heteroatoms. The quantitative estimate of drug-likeness (QED) is 0.883. The van der Waals surface area contributed by atoms with Gasteiger partial charge < -0.3 is 15.4 Å². The van der Waals surface area contributed by atoms with Crippen LogP contribution in [0.15, 0.2) is 42.5 Å². The summed E-state index contributed by atoms with van der Waals surface area (Å²) in [6, 6.07) is 12.6. The number of benzene rings is 2. The monoisotopic (exact) mass is 304 g/mol. The van der Waals surface area contributed by atoms with E-state index in [1.807, 2.05) is 24.3 Å². The number of ether oxygens (including phenoxy) is 1. The van der Waals surface area contributed by atoms with Gasteiger partial charge in [-0.25, -0.2) is 0 Å². The molecule has 0 atom stereocenters. The van der Waals surface area contributed by atoms with Crippen LogP contribution in [0.25, 0.3) is 0 Å².